The lowest BCUT2D eigenvalue weighted by molar-refractivity contribution is -0.301. The molecule has 4 N–H and O–H groups in total. The number of hydrogen-bond donors (Lipinski definition) is 4. The Bertz CT molecular complexity index is 1260. The standard InChI is InChI=1S/C46H80O12S/c1-3-5-7-9-11-13-15-17-19-20-22-24-26-28-30-32-34-36-54-38-40(39-55-46-44(50)45(58-59(51,52)53)43(49)41(37-47)57-46)56-42(48)35-33-31-29-27-25-23-21-18-16-14-12-10-8-6-4-2/h6,8,12-15,18-21,40-41,43-47,49-50H,3-5,7,9-11,16-17,22-39H2,1-2H3,(H,51,52,53)/b8-6-,14-12-,15-13-,20-19-,21-18-. The summed E-state index contributed by atoms with van der Waals surface area (Å²) in [6.45, 7) is 3.80. The van der Waals surface area contributed by atoms with Crippen molar-refractivity contribution in [2.75, 3.05) is 26.4 Å². The molecule has 0 radical (unpaired) electrons. The summed E-state index contributed by atoms with van der Waals surface area (Å²) in [5.74, 6) is -0.422. The van der Waals surface area contributed by atoms with Crippen LogP contribution in [0.3, 0.4) is 0 Å². The summed E-state index contributed by atoms with van der Waals surface area (Å²) in [6.07, 6.45) is 36.8. The molecule has 59 heavy (non-hydrogen) atoms. The first-order valence-corrected chi connectivity index (χ1v) is 23.9. The van der Waals surface area contributed by atoms with Gasteiger partial charge < -0.3 is 34.3 Å². The van der Waals surface area contributed by atoms with Crippen molar-refractivity contribution < 1.29 is 56.2 Å². The third-order valence-corrected chi connectivity index (χ3v) is 10.3. The molecule has 0 aliphatic carbocycles. The maximum Gasteiger partial charge on any atom is 0.397 e. The van der Waals surface area contributed by atoms with Gasteiger partial charge in [-0.25, -0.2) is 4.18 Å². The molecule has 0 bridgehead atoms. The molecule has 0 aromatic heterocycles. The molecule has 6 unspecified atom stereocenters. The number of aliphatic hydroxyl groups is 3. The Morgan fingerprint density at radius 1 is 0.661 bits per heavy atom. The monoisotopic (exact) mass is 857 g/mol. The van der Waals surface area contributed by atoms with Crippen LogP contribution in [0.25, 0.3) is 0 Å². The average Bonchev–Trinajstić information content (AvgIpc) is 3.20. The SMILES string of the molecule is CC/C=C\C/C=C\C/C=C\CCCCCCCC(=O)OC(COCCCCCCCC/C=C\C/C=C\CCCCCC)COC1OC(CO)C(O)C(OS(=O)(=O)O)C1O. The lowest BCUT2D eigenvalue weighted by Crippen LogP contribution is -2.60. The van der Waals surface area contributed by atoms with Crippen LogP contribution in [0.4, 0.5) is 0 Å². The van der Waals surface area contributed by atoms with Crippen LogP contribution in [0.15, 0.2) is 60.8 Å². The van der Waals surface area contributed by atoms with Gasteiger partial charge >= 0.3 is 16.4 Å². The first-order chi connectivity index (χ1) is 28.6. The zero-order chi connectivity index (χ0) is 43.2. The van der Waals surface area contributed by atoms with Crippen molar-refractivity contribution in [1.82, 2.24) is 0 Å². The van der Waals surface area contributed by atoms with E-state index in [4.69, 9.17) is 23.5 Å². The van der Waals surface area contributed by atoms with E-state index in [0.29, 0.717) is 13.0 Å². The highest BCUT2D eigenvalue weighted by Crippen LogP contribution is 2.26. The Kier molecular flexibility index (Phi) is 34.9. The first kappa shape index (κ1) is 54.8. The molecule has 0 amide bonds. The van der Waals surface area contributed by atoms with E-state index >= 15 is 0 Å². The number of rotatable bonds is 38. The topological polar surface area (TPSA) is 178 Å². The van der Waals surface area contributed by atoms with Gasteiger partial charge in [-0.2, -0.15) is 8.42 Å². The lowest BCUT2D eigenvalue weighted by Gasteiger charge is -2.41. The Morgan fingerprint density at radius 2 is 1.17 bits per heavy atom. The second-order valence-electron chi connectivity index (χ2n) is 15.3. The lowest BCUT2D eigenvalue weighted by atomic mass is 9.99. The maximum atomic E-state index is 12.8. The van der Waals surface area contributed by atoms with Crippen LogP contribution in [0.5, 0.6) is 0 Å². The molecule has 1 aliphatic rings. The predicted molar refractivity (Wildman–Crippen MR) is 234 cm³/mol. The smallest absolute Gasteiger partial charge is 0.397 e. The summed E-state index contributed by atoms with van der Waals surface area (Å²) < 4.78 is 59.0. The molecule has 1 aliphatic heterocycles. The summed E-state index contributed by atoms with van der Waals surface area (Å²) in [4.78, 5) is 12.8. The van der Waals surface area contributed by atoms with Gasteiger partial charge in [0.25, 0.3) is 0 Å². The van der Waals surface area contributed by atoms with Crippen LogP contribution in [0.1, 0.15) is 162 Å². The summed E-state index contributed by atoms with van der Waals surface area (Å²) in [7, 11) is -5.07. The van der Waals surface area contributed by atoms with E-state index in [1.165, 1.54) is 44.9 Å². The molecule has 0 saturated carbocycles. The van der Waals surface area contributed by atoms with Crippen molar-refractivity contribution in [3.63, 3.8) is 0 Å². The fraction of sp³-hybridized carbons (Fsp3) is 0.761. The minimum absolute atomic E-state index is 0.0190. The van der Waals surface area contributed by atoms with Gasteiger partial charge in [-0.15, -0.1) is 0 Å². The molecular weight excluding hydrogens is 777 g/mol. The van der Waals surface area contributed by atoms with E-state index in [2.05, 4.69) is 78.8 Å². The Labute approximate surface area is 357 Å². The van der Waals surface area contributed by atoms with Gasteiger partial charge in [0.15, 0.2) is 6.29 Å². The Balaban J connectivity index is 2.46. The number of carbonyl (C=O) groups is 1. The van der Waals surface area contributed by atoms with Gasteiger partial charge in [-0.1, -0.05) is 139 Å². The minimum atomic E-state index is -5.07. The van der Waals surface area contributed by atoms with Gasteiger partial charge in [-0.3, -0.25) is 9.35 Å². The fourth-order valence-corrected chi connectivity index (χ4v) is 6.99. The number of carbonyl (C=O) groups excluding carboxylic acids is 1. The second-order valence-corrected chi connectivity index (χ2v) is 16.3. The number of allylic oxidation sites excluding steroid dienone is 10. The number of hydrogen-bond acceptors (Lipinski definition) is 11. The maximum absolute atomic E-state index is 12.8. The van der Waals surface area contributed by atoms with Gasteiger partial charge in [0.2, 0.25) is 0 Å². The van der Waals surface area contributed by atoms with Gasteiger partial charge in [0.05, 0.1) is 19.8 Å². The zero-order valence-corrected chi connectivity index (χ0v) is 37.1. The molecule has 1 saturated heterocycles. The highest BCUT2D eigenvalue weighted by molar-refractivity contribution is 7.80. The average molecular weight is 857 g/mol. The third-order valence-electron chi connectivity index (χ3n) is 9.87. The number of unbranched alkanes of at least 4 members (excludes halogenated alkanes) is 15. The van der Waals surface area contributed by atoms with Crippen LogP contribution in [0, 0.1) is 0 Å². The molecule has 6 atom stereocenters. The van der Waals surface area contributed by atoms with Gasteiger partial charge in [0, 0.05) is 13.0 Å². The first-order valence-electron chi connectivity index (χ1n) is 22.5. The van der Waals surface area contributed by atoms with E-state index in [0.717, 1.165) is 89.9 Å². The molecule has 342 valence electrons. The highest BCUT2D eigenvalue weighted by Gasteiger charge is 2.48. The summed E-state index contributed by atoms with van der Waals surface area (Å²) in [6, 6.07) is 0. The molecule has 0 aromatic carbocycles. The highest BCUT2D eigenvalue weighted by atomic mass is 32.3. The summed E-state index contributed by atoms with van der Waals surface area (Å²) in [5.41, 5.74) is 0. The van der Waals surface area contributed by atoms with E-state index in [-0.39, 0.29) is 19.6 Å². The number of aliphatic hydroxyl groups excluding tert-OH is 3. The van der Waals surface area contributed by atoms with Crippen molar-refractivity contribution in [2.45, 2.75) is 198 Å². The van der Waals surface area contributed by atoms with Crippen molar-refractivity contribution in [3.8, 4) is 0 Å². The fourth-order valence-electron chi connectivity index (χ4n) is 6.48. The van der Waals surface area contributed by atoms with Crippen molar-refractivity contribution >= 4 is 16.4 Å². The molecule has 1 fully saturated rings. The number of ether oxygens (including phenoxy) is 4. The zero-order valence-electron chi connectivity index (χ0n) is 36.3. The van der Waals surface area contributed by atoms with E-state index < -0.39 is 59.8 Å². The van der Waals surface area contributed by atoms with E-state index in [1.54, 1.807) is 0 Å². The Morgan fingerprint density at radius 3 is 1.71 bits per heavy atom. The predicted octanol–water partition coefficient (Wildman–Crippen LogP) is 9.35. The normalized spacial score (nSPS) is 20.9. The summed E-state index contributed by atoms with van der Waals surface area (Å²) >= 11 is 0. The second kappa shape index (κ2) is 37.6. The molecular formula is C46H80O12S. The van der Waals surface area contributed by atoms with Crippen LogP contribution in [-0.4, -0.2) is 97.5 Å². The molecule has 12 nitrogen and oxygen atoms in total. The largest absolute Gasteiger partial charge is 0.457 e. The molecule has 13 heteroatoms. The van der Waals surface area contributed by atoms with E-state index in [9.17, 15) is 28.5 Å². The quantitative estimate of drug-likeness (QED) is 0.0201. The van der Waals surface area contributed by atoms with Crippen LogP contribution in [-0.2, 0) is 38.3 Å². The molecule has 0 aromatic rings. The molecule has 1 rings (SSSR count). The Hall–Kier alpha value is -2.20. The van der Waals surface area contributed by atoms with Gasteiger partial charge in [0.1, 0.15) is 30.5 Å². The van der Waals surface area contributed by atoms with Crippen LogP contribution < -0.4 is 0 Å². The minimum Gasteiger partial charge on any atom is -0.457 e. The van der Waals surface area contributed by atoms with E-state index in [1.807, 2.05) is 0 Å². The van der Waals surface area contributed by atoms with Gasteiger partial charge in [-0.05, 0) is 77.0 Å². The summed E-state index contributed by atoms with van der Waals surface area (Å²) in [5, 5.41) is 30.6. The third kappa shape index (κ3) is 31.3. The number of esters is 1. The van der Waals surface area contributed by atoms with Crippen molar-refractivity contribution in [2.24, 2.45) is 0 Å². The van der Waals surface area contributed by atoms with Crippen molar-refractivity contribution in [1.29, 1.82) is 0 Å². The van der Waals surface area contributed by atoms with Crippen LogP contribution in [0.2, 0.25) is 0 Å². The molecule has 1 heterocycles. The molecule has 0 spiro atoms. The van der Waals surface area contributed by atoms with Crippen molar-refractivity contribution in [3.05, 3.63) is 60.8 Å². The van der Waals surface area contributed by atoms with Crippen LogP contribution >= 0.6 is 0 Å².